The Kier molecular flexibility index (Phi) is 4.97. The molecule has 106 valence electrons. The molecule has 2 aliphatic rings. The van der Waals surface area contributed by atoms with E-state index >= 15 is 0 Å². The van der Waals surface area contributed by atoms with Gasteiger partial charge in [-0.25, -0.2) is 4.72 Å². The summed E-state index contributed by atoms with van der Waals surface area (Å²) in [4.78, 5) is 2.41. The van der Waals surface area contributed by atoms with Gasteiger partial charge in [-0.1, -0.05) is 6.92 Å². The summed E-state index contributed by atoms with van der Waals surface area (Å²) in [6, 6.07) is 0.394. The van der Waals surface area contributed by atoms with Gasteiger partial charge in [0.2, 0.25) is 0 Å². The molecule has 0 radical (unpaired) electrons. The van der Waals surface area contributed by atoms with Crippen LogP contribution in [0.1, 0.15) is 19.8 Å². The molecule has 18 heavy (non-hydrogen) atoms. The number of hydrogen-bond acceptors (Lipinski definition) is 4. The molecule has 2 aliphatic heterocycles. The minimum absolute atomic E-state index is 0.394. The van der Waals surface area contributed by atoms with E-state index in [9.17, 15) is 8.42 Å². The van der Waals surface area contributed by atoms with Crippen LogP contribution in [0.3, 0.4) is 0 Å². The van der Waals surface area contributed by atoms with Crippen LogP contribution in [0, 0.1) is 0 Å². The van der Waals surface area contributed by atoms with Crippen molar-refractivity contribution in [1.29, 1.82) is 0 Å². The molecule has 0 aromatic rings. The van der Waals surface area contributed by atoms with Gasteiger partial charge in [-0.3, -0.25) is 4.90 Å². The third-order valence-electron chi connectivity index (χ3n) is 3.67. The number of piperazine rings is 1. The highest BCUT2D eigenvalue weighted by atomic mass is 32.2. The summed E-state index contributed by atoms with van der Waals surface area (Å²) >= 11 is 0. The molecule has 0 aliphatic carbocycles. The fourth-order valence-corrected chi connectivity index (χ4v) is 3.96. The maximum absolute atomic E-state index is 12.0. The molecule has 2 saturated heterocycles. The molecule has 0 amide bonds. The summed E-state index contributed by atoms with van der Waals surface area (Å²) < 4.78 is 28.2. The largest absolute Gasteiger partial charge is 0.314 e. The highest BCUT2D eigenvalue weighted by Gasteiger charge is 2.34. The summed E-state index contributed by atoms with van der Waals surface area (Å²) in [7, 11) is -3.25. The zero-order valence-electron chi connectivity index (χ0n) is 11.1. The molecular weight excluding hydrogens is 252 g/mol. The van der Waals surface area contributed by atoms with Gasteiger partial charge in [0, 0.05) is 51.9 Å². The molecule has 2 N–H and O–H groups in total. The smallest absolute Gasteiger partial charge is 0.279 e. The Morgan fingerprint density at radius 2 is 2.00 bits per heavy atom. The van der Waals surface area contributed by atoms with Crippen molar-refractivity contribution in [2.24, 2.45) is 0 Å². The Balaban J connectivity index is 1.87. The van der Waals surface area contributed by atoms with E-state index < -0.39 is 10.2 Å². The van der Waals surface area contributed by atoms with Crippen molar-refractivity contribution < 1.29 is 8.42 Å². The lowest BCUT2D eigenvalue weighted by atomic mass is 10.2. The van der Waals surface area contributed by atoms with Crippen LogP contribution < -0.4 is 10.0 Å². The fourth-order valence-electron chi connectivity index (χ4n) is 2.60. The molecule has 0 saturated carbocycles. The van der Waals surface area contributed by atoms with Crippen LogP contribution in [-0.4, -0.2) is 69.5 Å². The Morgan fingerprint density at radius 3 is 2.67 bits per heavy atom. The monoisotopic (exact) mass is 276 g/mol. The van der Waals surface area contributed by atoms with Crippen LogP contribution in [0.15, 0.2) is 0 Å². The van der Waals surface area contributed by atoms with Gasteiger partial charge in [-0.05, 0) is 12.8 Å². The molecule has 6 nitrogen and oxygen atoms in total. The lowest BCUT2D eigenvalue weighted by Gasteiger charge is -2.32. The average molecular weight is 276 g/mol. The first kappa shape index (κ1) is 14.2. The van der Waals surface area contributed by atoms with Crippen LogP contribution in [-0.2, 0) is 10.2 Å². The first-order valence-corrected chi connectivity index (χ1v) is 8.27. The molecule has 0 aromatic heterocycles. The van der Waals surface area contributed by atoms with Gasteiger partial charge >= 0.3 is 0 Å². The van der Waals surface area contributed by atoms with Crippen LogP contribution in [0.5, 0.6) is 0 Å². The second-order valence-electron chi connectivity index (χ2n) is 4.99. The molecular formula is C11H24N4O2S. The average Bonchev–Trinajstić information content (AvgIpc) is 2.88. The van der Waals surface area contributed by atoms with E-state index in [2.05, 4.69) is 14.9 Å². The summed E-state index contributed by atoms with van der Waals surface area (Å²) in [5.74, 6) is 0. The zero-order valence-corrected chi connectivity index (χ0v) is 11.9. The van der Waals surface area contributed by atoms with E-state index in [-0.39, 0.29) is 0 Å². The Bertz CT molecular complexity index is 354. The van der Waals surface area contributed by atoms with Crippen molar-refractivity contribution in [3.63, 3.8) is 0 Å². The summed E-state index contributed by atoms with van der Waals surface area (Å²) in [6.45, 7) is 7.86. The fraction of sp³-hybridized carbons (Fsp3) is 1.00. The predicted octanol–water partition coefficient (Wildman–Crippen LogP) is -0.790. The molecule has 1 unspecified atom stereocenters. The van der Waals surface area contributed by atoms with Crippen LogP contribution in [0.4, 0.5) is 0 Å². The molecule has 1 atom stereocenters. The lowest BCUT2D eigenvalue weighted by molar-refractivity contribution is 0.179. The minimum atomic E-state index is -3.25. The first-order chi connectivity index (χ1) is 8.63. The van der Waals surface area contributed by atoms with Crippen molar-refractivity contribution in [1.82, 2.24) is 19.2 Å². The summed E-state index contributed by atoms with van der Waals surface area (Å²) in [5, 5.41) is 3.32. The highest BCUT2D eigenvalue weighted by Crippen LogP contribution is 2.18. The maximum Gasteiger partial charge on any atom is 0.279 e. The van der Waals surface area contributed by atoms with Gasteiger partial charge in [0.05, 0.1) is 0 Å². The van der Waals surface area contributed by atoms with E-state index in [0.717, 1.165) is 39.0 Å². The van der Waals surface area contributed by atoms with Crippen LogP contribution in [0.25, 0.3) is 0 Å². The van der Waals surface area contributed by atoms with Gasteiger partial charge in [0.1, 0.15) is 0 Å². The summed E-state index contributed by atoms with van der Waals surface area (Å²) in [5.41, 5.74) is 0. The van der Waals surface area contributed by atoms with E-state index in [1.165, 1.54) is 0 Å². The molecule has 0 bridgehead atoms. The van der Waals surface area contributed by atoms with Gasteiger partial charge in [0.25, 0.3) is 10.2 Å². The number of hydrogen-bond donors (Lipinski definition) is 2. The quantitative estimate of drug-likeness (QED) is 0.691. The Labute approximate surface area is 110 Å². The Hall–Kier alpha value is -0.210. The standard InChI is InChI=1S/C11H24N4O2S/c1-2-4-13-18(16,17)15-7-3-11(10-15)14-8-5-12-6-9-14/h11-13H,2-10H2,1H3. The number of rotatable bonds is 5. The van der Waals surface area contributed by atoms with Crippen molar-refractivity contribution in [3.05, 3.63) is 0 Å². The minimum Gasteiger partial charge on any atom is -0.314 e. The molecule has 0 spiro atoms. The van der Waals surface area contributed by atoms with Gasteiger partial charge < -0.3 is 5.32 Å². The first-order valence-electron chi connectivity index (χ1n) is 6.83. The second-order valence-corrected chi connectivity index (χ2v) is 6.74. The zero-order chi connectivity index (χ0) is 13.0. The van der Waals surface area contributed by atoms with Crippen LogP contribution in [0.2, 0.25) is 0 Å². The van der Waals surface area contributed by atoms with E-state index in [1.807, 2.05) is 6.92 Å². The number of nitrogens with one attached hydrogen (secondary N) is 2. The topological polar surface area (TPSA) is 64.7 Å². The highest BCUT2D eigenvalue weighted by molar-refractivity contribution is 7.87. The molecule has 0 aromatic carbocycles. The van der Waals surface area contributed by atoms with Crippen molar-refractivity contribution >= 4 is 10.2 Å². The van der Waals surface area contributed by atoms with Crippen molar-refractivity contribution in [2.45, 2.75) is 25.8 Å². The SMILES string of the molecule is CCCNS(=O)(=O)N1CCC(N2CCNCC2)C1. The van der Waals surface area contributed by atoms with E-state index in [1.54, 1.807) is 4.31 Å². The molecule has 2 heterocycles. The second kappa shape index (κ2) is 6.29. The van der Waals surface area contributed by atoms with Gasteiger partial charge in [0.15, 0.2) is 0 Å². The molecule has 2 rings (SSSR count). The normalized spacial score (nSPS) is 27.7. The molecule has 7 heteroatoms. The third kappa shape index (κ3) is 3.42. The van der Waals surface area contributed by atoms with E-state index in [4.69, 9.17) is 0 Å². The predicted molar refractivity (Wildman–Crippen MR) is 71.6 cm³/mol. The molecule has 2 fully saturated rings. The third-order valence-corrected chi connectivity index (χ3v) is 5.25. The van der Waals surface area contributed by atoms with Gasteiger partial charge in [-0.2, -0.15) is 12.7 Å². The summed E-state index contributed by atoms with van der Waals surface area (Å²) in [6.07, 6.45) is 1.78. The van der Waals surface area contributed by atoms with Crippen molar-refractivity contribution in [2.75, 3.05) is 45.8 Å². The van der Waals surface area contributed by atoms with Crippen molar-refractivity contribution in [3.8, 4) is 0 Å². The maximum atomic E-state index is 12.0. The Morgan fingerprint density at radius 1 is 1.28 bits per heavy atom. The van der Waals surface area contributed by atoms with Crippen LogP contribution >= 0.6 is 0 Å². The lowest BCUT2D eigenvalue weighted by Crippen LogP contribution is -2.50. The van der Waals surface area contributed by atoms with E-state index in [0.29, 0.717) is 25.7 Å². The van der Waals surface area contributed by atoms with Gasteiger partial charge in [-0.15, -0.1) is 0 Å². The number of nitrogens with zero attached hydrogens (tertiary/aromatic N) is 2.